The molecule has 8 atom stereocenters. The van der Waals surface area contributed by atoms with Gasteiger partial charge in [-0.3, -0.25) is 33.6 Å². The number of carbonyl (C=O) groups excluding carboxylic acids is 7. The van der Waals surface area contributed by atoms with Gasteiger partial charge in [-0.15, -0.1) is 0 Å². The molecule has 0 unspecified atom stereocenters. The molecule has 3 aliphatic heterocycles. The summed E-state index contributed by atoms with van der Waals surface area (Å²) in [6.45, 7) is 8.09. The molecule has 1 aromatic heterocycles. The Labute approximate surface area is 320 Å². The summed E-state index contributed by atoms with van der Waals surface area (Å²) in [5, 5.41) is 17.5. The number of carboxylic acid groups (broad SMARTS) is 1. The molecule has 4 heterocycles. The van der Waals surface area contributed by atoms with Gasteiger partial charge in [0.2, 0.25) is 41.4 Å². The molecule has 4 rings (SSSR count). The maximum atomic E-state index is 14.3. The van der Waals surface area contributed by atoms with Crippen LogP contribution in [0.1, 0.15) is 84.8 Å². The summed E-state index contributed by atoms with van der Waals surface area (Å²) in [6, 6.07) is -7.36. The maximum Gasteiger partial charge on any atom is 0.326 e. The molecule has 0 spiro atoms. The molecule has 1 aromatic rings. The van der Waals surface area contributed by atoms with E-state index in [0.29, 0.717) is 50.8 Å². The summed E-state index contributed by atoms with van der Waals surface area (Å²) in [5.41, 5.74) is 11.8. The van der Waals surface area contributed by atoms with Gasteiger partial charge in [-0.1, -0.05) is 34.1 Å². The Kier molecular flexibility index (Phi) is 14.7. The van der Waals surface area contributed by atoms with Gasteiger partial charge in [0.25, 0.3) is 0 Å². The van der Waals surface area contributed by atoms with Crippen molar-refractivity contribution in [3.8, 4) is 0 Å². The normalized spacial score (nSPS) is 22.4. The molecule has 19 nitrogen and oxygen atoms in total. The number of aliphatic carboxylic acids is 1. The molecule has 0 aromatic carbocycles. The lowest BCUT2D eigenvalue weighted by Gasteiger charge is -2.35. The van der Waals surface area contributed by atoms with Gasteiger partial charge >= 0.3 is 5.97 Å². The van der Waals surface area contributed by atoms with Crippen molar-refractivity contribution in [1.29, 1.82) is 0 Å². The number of hydrogen-bond acceptors (Lipinski definition) is 10. The average molecular weight is 773 g/mol. The fraction of sp³-hybridized carbons (Fsp3) is 0.694. The first-order valence-corrected chi connectivity index (χ1v) is 19.1. The summed E-state index contributed by atoms with van der Waals surface area (Å²) in [4.78, 5) is 117. The highest BCUT2D eigenvalue weighted by Crippen LogP contribution is 2.27. The molecule has 0 aliphatic carbocycles. The number of likely N-dealkylation sites (tertiary alicyclic amines) is 3. The third-order valence-corrected chi connectivity index (χ3v) is 10.9. The largest absolute Gasteiger partial charge is 0.480 e. The Hall–Kier alpha value is -5.07. The number of H-pyrrole nitrogens is 1. The maximum absolute atomic E-state index is 14.3. The second-order valence-electron chi connectivity index (χ2n) is 15.1. The van der Waals surface area contributed by atoms with Gasteiger partial charge < -0.3 is 52.2 Å². The number of rotatable bonds is 17. The molecule has 9 N–H and O–H groups in total. The lowest BCUT2D eigenvalue weighted by molar-refractivity contribution is -0.149. The number of nitrogens with zero attached hydrogens (tertiary/aromatic N) is 4. The number of aromatic nitrogens is 2. The summed E-state index contributed by atoms with van der Waals surface area (Å²) >= 11 is 0. The van der Waals surface area contributed by atoms with Crippen LogP contribution in [-0.4, -0.2) is 139 Å². The van der Waals surface area contributed by atoms with Crippen LogP contribution in [0.2, 0.25) is 0 Å². The molecule has 0 saturated carbocycles. The van der Waals surface area contributed by atoms with Crippen molar-refractivity contribution < 1.29 is 43.5 Å². The summed E-state index contributed by atoms with van der Waals surface area (Å²) in [6.07, 6.45) is 5.34. The van der Waals surface area contributed by atoms with E-state index >= 15 is 0 Å². The van der Waals surface area contributed by atoms with Crippen molar-refractivity contribution in [2.24, 2.45) is 23.3 Å². The molecule has 3 aliphatic rings. The van der Waals surface area contributed by atoms with E-state index in [-0.39, 0.29) is 43.7 Å². The Balaban J connectivity index is 1.51. The van der Waals surface area contributed by atoms with Gasteiger partial charge in [0.15, 0.2) is 0 Å². The zero-order chi connectivity index (χ0) is 40.6. The van der Waals surface area contributed by atoms with Crippen LogP contribution in [0.5, 0.6) is 0 Å². The zero-order valence-electron chi connectivity index (χ0n) is 32.0. The van der Waals surface area contributed by atoms with Crippen molar-refractivity contribution in [2.75, 3.05) is 19.6 Å². The molecule has 0 radical (unpaired) electrons. The van der Waals surface area contributed by atoms with E-state index in [2.05, 4.69) is 25.9 Å². The smallest absolute Gasteiger partial charge is 0.326 e. The monoisotopic (exact) mass is 772 g/mol. The average Bonchev–Trinajstić information content (AvgIpc) is 3.98. The topological polar surface area (TPSA) is 283 Å². The van der Waals surface area contributed by atoms with Crippen LogP contribution in [0.4, 0.5) is 0 Å². The highest BCUT2D eigenvalue weighted by atomic mass is 16.4. The minimum atomic E-state index is -1.56. The standard InChI is InChI=1S/C36H56N10O9/c1-5-20(4)29(35(53)46-14-8-11-26(46)33(51)44-12-6-9-24(44)32(50)42-23(36(54)55)16-27(37)47)43-30(48)22(15-21-17-39-18-40-21)41-31(49)25-10-7-13-45(25)34(52)28(38)19(2)3/h17-20,22-26,28-29H,5-16,38H2,1-4H3,(H2,37,47)(H,39,40)(H,41,49)(H,42,50)(H,43,48)(H,54,55)/t20-,22-,23-,24-,25-,26-,28-,29-/m0/s1. The minimum Gasteiger partial charge on any atom is -0.480 e. The highest BCUT2D eigenvalue weighted by Gasteiger charge is 2.45. The van der Waals surface area contributed by atoms with Gasteiger partial charge in [0, 0.05) is 37.9 Å². The minimum absolute atomic E-state index is 0.0105. The van der Waals surface area contributed by atoms with Gasteiger partial charge in [0.1, 0.15) is 36.3 Å². The molecule has 304 valence electrons. The van der Waals surface area contributed by atoms with E-state index in [9.17, 15) is 43.5 Å². The summed E-state index contributed by atoms with van der Waals surface area (Å²) in [5.74, 6) is -6.09. The molecule has 3 fully saturated rings. The quantitative estimate of drug-likeness (QED) is 0.0944. The van der Waals surface area contributed by atoms with Gasteiger partial charge in [-0.25, -0.2) is 9.78 Å². The van der Waals surface area contributed by atoms with Crippen molar-refractivity contribution >= 4 is 47.3 Å². The van der Waals surface area contributed by atoms with Crippen LogP contribution in [0.15, 0.2) is 12.5 Å². The second-order valence-corrected chi connectivity index (χ2v) is 15.1. The fourth-order valence-corrected chi connectivity index (χ4v) is 7.44. The molecule has 55 heavy (non-hydrogen) atoms. The molecule has 0 bridgehead atoms. The number of hydrogen-bond donors (Lipinski definition) is 7. The van der Waals surface area contributed by atoms with Crippen molar-refractivity contribution in [3.63, 3.8) is 0 Å². The van der Waals surface area contributed by atoms with Crippen LogP contribution < -0.4 is 27.4 Å². The highest BCUT2D eigenvalue weighted by molar-refractivity contribution is 5.98. The van der Waals surface area contributed by atoms with E-state index in [1.54, 1.807) is 6.92 Å². The van der Waals surface area contributed by atoms with E-state index in [1.165, 1.54) is 27.2 Å². The summed E-state index contributed by atoms with van der Waals surface area (Å²) in [7, 11) is 0. The Morgan fingerprint density at radius 1 is 0.836 bits per heavy atom. The predicted octanol–water partition coefficient (Wildman–Crippen LogP) is -1.63. The lowest BCUT2D eigenvalue weighted by atomic mass is 9.96. The van der Waals surface area contributed by atoms with Gasteiger partial charge in [-0.05, 0) is 50.4 Å². The fourth-order valence-electron chi connectivity index (χ4n) is 7.44. The number of amides is 7. The molecule has 19 heteroatoms. The van der Waals surface area contributed by atoms with Gasteiger partial charge in [0.05, 0.1) is 18.8 Å². The van der Waals surface area contributed by atoms with Crippen LogP contribution >= 0.6 is 0 Å². The first kappa shape index (κ1) is 42.7. The Morgan fingerprint density at radius 3 is 1.91 bits per heavy atom. The van der Waals surface area contributed by atoms with E-state index in [0.717, 1.165) is 0 Å². The third-order valence-electron chi connectivity index (χ3n) is 10.9. The zero-order valence-corrected chi connectivity index (χ0v) is 32.0. The van der Waals surface area contributed by atoms with Crippen LogP contribution in [-0.2, 0) is 44.8 Å². The second kappa shape index (κ2) is 19.0. The number of nitrogens with one attached hydrogen (secondary N) is 4. The van der Waals surface area contributed by atoms with E-state index in [1.807, 2.05) is 20.8 Å². The summed E-state index contributed by atoms with van der Waals surface area (Å²) < 4.78 is 0. The van der Waals surface area contributed by atoms with Gasteiger partial charge in [-0.2, -0.15) is 0 Å². The molecular formula is C36H56N10O9. The van der Waals surface area contributed by atoms with E-state index in [4.69, 9.17) is 11.5 Å². The predicted molar refractivity (Wildman–Crippen MR) is 196 cm³/mol. The molecular weight excluding hydrogens is 716 g/mol. The Bertz CT molecular complexity index is 1590. The van der Waals surface area contributed by atoms with Crippen molar-refractivity contribution in [1.82, 2.24) is 40.6 Å². The van der Waals surface area contributed by atoms with E-state index < -0.39 is 90.1 Å². The SMILES string of the molecule is CC[C@H](C)[C@H](NC(=O)[C@H](Cc1cnc[nH]1)NC(=O)[C@@H]1CCCN1C(=O)[C@@H](N)C(C)C)C(=O)N1CCC[C@H]1C(=O)N1CCC[C@H]1C(=O)N[C@@H](CC(N)=O)C(=O)O. The van der Waals surface area contributed by atoms with Crippen LogP contribution in [0.3, 0.4) is 0 Å². The van der Waals surface area contributed by atoms with Crippen molar-refractivity contribution in [3.05, 3.63) is 18.2 Å². The lowest BCUT2D eigenvalue weighted by Crippen LogP contribution is -2.61. The first-order chi connectivity index (χ1) is 26.0. The van der Waals surface area contributed by atoms with Crippen LogP contribution in [0.25, 0.3) is 0 Å². The van der Waals surface area contributed by atoms with Crippen molar-refractivity contribution in [2.45, 2.75) is 128 Å². The van der Waals surface area contributed by atoms with Crippen LogP contribution in [0, 0.1) is 11.8 Å². The number of imidazole rings is 1. The third kappa shape index (κ3) is 10.4. The number of primary amides is 1. The number of nitrogens with two attached hydrogens (primary N) is 2. The molecule has 3 saturated heterocycles. The number of carboxylic acids is 1. The number of carbonyl (C=O) groups is 8. The first-order valence-electron chi connectivity index (χ1n) is 19.1. The Morgan fingerprint density at radius 2 is 1.38 bits per heavy atom. The molecule has 7 amide bonds. The number of aromatic amines is 1.